The van der Waals surface area contributed by atoms with Gasteiger partial charge in [-0.2, -0.15) is 0 Å². The van der Waals surface area contributed by atoms with Crippen molar-refractivity contribution >= 4 is 27.5 Å². The van der Waals surface area contributed by atoms with Gasteiger partial charge in [-0.15, -0.1) is 11.3 Å². The Kier molecular flexibility index (Phi) is 2.21. The van der Waals surface area contributed by atoms with E-state index in [1.807, 2.05) is 13.0 Å². The predicted molar refractivity (Wildman–Crippen MR) is 55.7 cm³/mol. The van der Waals surface area contributed by atoms with Gasteiger partial charge in [0.1, 0.15) is 5.52 Å². The number of esters is 1. The predicted octanol–water partition coefficient (Wildman–Crippen LogP) is 2.53. The van der Waals surface area contributed by atoms with Crippen molar-refractivity contribution in [1.82, 2.24) is 4.98 Å². The third-order valence-electron chi connectivity index (χ3n) is 1.90. The van der Waals surface area contributed by atoms with Crippen molar-refractivity contribution in [3.05, 3.63) is 23.2 Å². The highest BCUT2D eigenvalue weighted by atomic mass is 32.1. The van der Waals surface area contributed by atoms with E-state index in [1.165, 1.54) is 6.92 Å². The van der Waals surface area contributed by atoms with Crippen LogP contribution in [0.25, 0.3) is 10.2 Å². The largest absolute Gasteiger partial charge is 0.424 e. The molecule has 2 aromatic rings. The summed E-state index contributed by atoms with van der Waals surface area (Å²) in [5, 5.41) is 0. The molecule has 0 aliphatic carbocycles. The van der Waals surface area contributed by atoms with Crippen LogP contribution in [0.15, 0.2) is 17.6 Å². The lowest BCUT2D eigenvalue weighted by molar-refractivity contribution is -0.131. The van der Waals surface area contributed by atoms with Crippen LogP contribution in [0.4, 0.5) is 0 Å². The average molecular weight is 207 g/mol. The molecule has 0 bridgehead atoms. The number of carbonyl (C=O) groups excluding carboxylic acids is 1. The molecule has 0 radical (unpaired) electrons. The highest BCUT2D eigenvalue weighted by molar-refractivity contribution is 7.17. The molecule has 2 rings (SSSR count). The molecule has 1 heterocycles. The zero-order valence-electron chi connectivity index (χ0n) is 7.90. The maximum atomic E-state index is 10.8. The first kappa shape index (κ1) is 9.15. The molecule has 0 aliphatic heterocycles. The van der Waals surface area contributed by atoms with E-state index in [1.54, 1.807) is 22.9 Å². The van der Waals surface area contributed by atoms with Gasteiger partial charge in [-0.3, -0.25) is 4.79 Å². The molecule has 0 spiro atoms. The highest BCUT2D eigenvalue weighted by Gasteiger charge is 2.08. The standard InChI is InChI=1S/C10H9NO2S/c1-6-3-4-8(13-7(2)12)9-10(6)14-5-11-9/h3-5H,1-2H3. The maximum Gasteiger partial charge on any atom is 0.308 e. The Labute approximate surface area is 85.3 Å². The van der Waals surface area contributed by atoms with Crippen molar-refractivity contribution in [2.45, 2.75) is 13.8 Å². The first-order valence-electron chi connectivity index (χ1n) is 4.19. The molecule has 0 saturated heterocycles. The van der Waals surface area contributed by atoms with E-state index in [2.05, 4.69) is 4.98 Å². The third-order valence-corrected chi connectivity index (χ3v) is 2.86. The zero-order valence-corrected chi connectivity index (χ0v) is 8.72. The lowest BCUT2D eigenvalue weighted by atomic mass is 10.2. The summed E-state index contributed by atoms with van der Waals surface area (Å²) in [6.45, 7) is 3.40. The van der Waals surface area contributed by atoms with Crippen molar-refractivity contribution in [2.24, 2.45) is 0 Å². The van der Waals surface area contributed by atoms with Crippen LogP contribution >= 0.6 is 11.3 Å². The van der Waals surface area contributed by atoms with Crippen LogP contribution in [0.5, 0.6) is 5.75 Å². The Morgan fingerprint density at radius 1 is 1.50 bits per heavy atom. The molecule has 14 heavy (non-hydrogen) atoms. The topological polar surface area (TPSA) is 39.2 Å². The Bertz CT molecular complexity index is 490. The summed E-state index contributed by atoms with van der Waals surface area (Å²) in [5.74, 6) is 0.225. The molecule has 0 amide bonds. The average Bonchev–Trinajstić information content (AvgIpc) is 2.58. The molecule has 4 heteroatoms. The van der Waals surface area contributed by atoms with E-state index < -0.39 is 0 Å². The van der Waals surface area contributed by atoms with Gasteiger partial charge >= 0.3 is 5.97 Å². The Morgan fingerprint density at radius 3 is 3.00 bits per heavy atom. The molecule has 0 atom stereocenters. The van der Waals surface area contributed by atoms with Gasteiger partial charge < -0.3 is 4.74 Å². The van der Waals surface area contributed by atoms with Gasteiger partial charge in [-0.1, -0.05) is 6.07 Å². The van der Waals surface area contributed by atoms with Gasteiger partial charge in [-0.05, 0) is 18.6 Å². The lowest BCUT2D eigenvalue weighted by Crippen LogP contribution is -2.01. The molecule has 0 unspecified atom stereocenters. The van der Waals surface area contributed by atoms with E-state index in [4.69, 9.17) is 4.74 Å². The van der Waals surface area contributed by atoms with Crippen LogP contribution in [-0.2, 0) is 4.79 Å². The quantitative estimate of drug-likeness (QED) is 0.533. The summed E-state index contributed by atoms with van der Waals surface area (Å²) < 4.78 is 6.12. The SMILES string of the molecule is CC(=O)Oc1ccc(C)c2scnc12. The van der Waals surface area contributed by atoms with Crippen LogP contribution in [0.3, 0.4) is 0 Å². The first-order chi connectivity index (χ1) is 6.68. The van der Waals surface area contributed by atoms with Gasteiger partial charge in [0.25, 0.3) is 0 Å². The molecular weight excluding hydrogens is 198 g/mol. The third kappa shape index (κ3) is 1.48. The van der Waals surface area contributed by atoms with E-state index in [0.717, 1.165) is 15.8 Å². The number of carbonyl (C=O) groups is 1. The number of ether oxygens (including phenoxy) is 1. The highest BCUT2D eigenvalue weighted by Crippen LogP contribution is 2.30. The van der Waals surface area contributed by atoms with Crippen molar-refractivity contribution < 1.29 is 9.53 Å². The molecular formula is C10H9NO2S. The fraction of sp³-hybridized carbons (Fsp3) is 0.200. The number of nitrogens with zero attached hydrogens (tertiary/aromatic N) is 1. The summed E-state index contributed by atoms with van der Waals surface area (Å²) >= 11 is 1.55. The monoisotopic (exact) mass is 207 g/mol. The van der Waals surface area contributed by atoms with Gasteiger partial charge in [0.05, 0.1) is 10.2 Å². The smallest absolute Gasteiger partial charge is 0.308 e. The number of aryl methyl sites for hydroxylation is 1. The van der Waals surface area contributed by atoms with Crippen molar-refractivity contribution in [3.63, 3.8) is 0 Å². The molecule has 0 aliphatic rings. The van der Waals surface area contributed by atoms with Gasteiger partial charge in [0.15, 0.2) is 5.75 Å². The van der Waals surface area contributed by atoms with E-state index in [9.17, 15) is 4.79 Å². The summed E-state index contributed by atoms with van der Waals surface area (Å²) in [7, 11) is 0. The maximum absolute atomic E-state index is 10.8. The second-order valence-electron chi connectivity index (χ2n) is 3.00. The number of aromatic nitrogens is 1. The molecule has 0 saturated carbocycles. The molecule has 3 nitrogen and oxygen atoms in total. The second-order valence-corrected chi connectivity index (χ2v) is 3.86. The second kappa shape index (κ2) is 3.38. The minimum absolute atomic E-state index is 0.317. The Morgan fingerprint density at radius 2 is 2.29 bits per heavy atom. The normalized spacial score (nSPS) is 10.4. The van der Waals surface area contributed by atoms with Crippen LogP contribution < -0.4 is 4.74 Å². The van der Waals surface area contributed by atoms with Gasteiger partial charge in [0, 0.05) is 6.92 Å². The summed E-state index contributed by atoms with van der Waals surface area (Å²) in [6, 6.07) is 3.71. The summed E-state index contributed by atoms with van der Waals surface area (Å²) in [4.78, 5) is 15.0. The molecule has 1 aromatic carbocycles. The van der Waals surface area contributed by atoms with E-state index >= 15 is 0 Å². The van der Waals surface area contributed by atoms with Crippen LogP contribution in [-0.4, -0.2) is 11.0 Å². The van der Waals surface area contributed by atoms with Crippen molar-refractivity contribution in [1.29, 1.82) is 0 Å². The fourth-order valence-electron chi connectivity index (χ4n) is 1.29. The summed E-state index contributed by atoms with van der Waals surface area (Å²) in [6.07, 6.45) is 0. The Balaban J connectivity index is 2.60. The molecule has 0 N–H and O–H groups in total. The van der Waals surface area contributed by atoms with E-state index in [0.29, 0.717) is 5.75 Å². The first-order valence-corrected chi connectivity index (χ1v) is 5.07. The number of hydrogen-bond donors (Lipinski definition) is 0. The lowest BCUT2D eigenvalue weighted by Gasteiger charge is -2.02. The number of rotatable bonds is 1. The van der Waals surface area contributed by atoms with Gasteiger partial charge in [-0.25, -0.2) is 4.98 Å². The minimum Gasteiger partial charge on any atom is -0.424 e. The number of benzene rings is 1. The number of hydrogen-bond acceptors (Lipinski definition) is 4. The van der Waals surface area contributed by atoms with Crippen molar-refractivity contribution in [2.75, 3.05) is 0 Å². The zero-order chi connectivity index (χ0) is 10.1. The fourth-order valence-corrected chi connectivity index (χ4v) is 2.08. The number of fused-ring (bicyclic) bond motifs is 1. The Hall–Kier alpha value is -1.42. The molecule has 72 valence electrons. The molecule has 0 fully saturated rings. The van der Waals surface area contributed by atoms with Crippen LogP contribution in [0.2, 0.25) is 0 Å². The van der Waals surface area contributed by atoms with Crippen LogP contribution in [0.1, 0.15) is 12.5 Å². The number of thiazole rings is 1. The minimum atomic E-state index is -0.317. The molecule has 1 aromatic heterocycles. The summed E-state index contributed by atoms with van der Waals surface area (Å²) in [5.41, 5.74) is 3.67. The van der Waals surface area contributed by atoms with Crippen molar-refractivity contribution in [3.8, 4) is 5.75 Å². The van der Waals surface area contributed by atoms with Gasteiger partial charge in [0.2, 0.25) is 0 Å². The van der Waals surface area contributed by atoms with Crippen LogP contribution in [0, 0.1) is 6.92 Å². The van der Waals surface area contributed by atoms with E-state index in [-0.39, 0.29) is 5.97 Å².